The van der Waals surface area contributed by atoms with Crippen molar-refractivity contribution in [1.29, 1.82) is 5.26 Å². The van der Waals surface area contributed by atoms with E-state index in [1.165, 1.54) is 22.3 Å². The Morgan fingerprint density at radius 2 is 1.19 bits per heavy atom. The van der Waals surface area contributed by atoms with Gasteiger partial charge >= 0.3 is 7.12 Å². The minimum Gasteiger partial charge on any atom is -0.457 e. The molecule has 1 aliphatic carbocycles. The maximum Gasteiger partial charge on any atom is 0.494 e. The van der Waals surface area contributed by atoms with Gasteiger partial charge in [0.15, 0.2) is 0 Å². The third kappa shape index (κ3) is 2.86. The van der Waals surface area contributed by atoms with Crippen LogP contribution in [0.25, 0.3) is 11.1 Å². The molecule has 0 N–H and O–H groups in total. The number of nitrogens with zero attached hydrogens (tertiary/aromatic N) is 1. The molecule has 0 radical (unpaired) electrons. The molecule has 2 heterocycles. The molecule has 2 aliphatic heterocycles. The Bertz CT molecular complexity index is 1590. The first-order valence-electron chi connectivity index (χ1n) is 12.7. The fourth-order valence-electron chi connectivity index (χ4n) is 6.12. The van der Waals surface area contributed by atoms with Crippen molar-refractivity contribution in [2.24, 2.45) is 0 Å². The maximum absolute atomic E-state index is 9.65. The Kier molecular flexibility index (Phi) is 4.44. The molecule has 1 fully saturated rings. The first kappa shape index (κ1) is 22.4. The number of fused-ring (bicyclic) bond motifs is 9. The van der Waals surface area contributed by atoms with Crippen molar-refractivity contribution in [3.63, 3.8) is 0 Å². The van der Waals surface area contributed by atoms with E-state index in [2.05, 4.69) is 100 Å². The molecule has 0 saturated carbocycles. The van der Waals surface area contributed by atoms with Gasteiger partial charge in [-0.1, -0.05) is 66.7 Å². The van der Waals surface area contributed by atoms with Gasteiger partial charge in [0, 0.05) is 11.1 Å². The minimum atomic E-state index is -0.557. The molecule has 0 bridgehead atoms. The van der Waals surface area contributed by atoms with E-state index in [1.54, 1.807) is 0 Å². The maximum atomic E-state index is 9.65. The van der Waals surface area contributed by atoms with Crippen molar-refractivity contribution >= 4 is 12.6 Å². The normalized spacial score (nSPS) is 18.8. The quantitative estimate of drug-likeness (QED) is 0.257. The van der Waals surface area contributed by atoms with Gasteiger partial charge in [-0.15, -0.1) is 0 Å². The second kappa shape index (κ2) is 7.35. The standard InChI is InChI=1S/C32H26BNO3/c1-30(2)31(3,4)37-33(36-30)21-14-16-27-29(18-21)35-28-17-20(19-34)13-15-26(28)32(27)24-11-7-5-9-22(24)23-10-6-8-12-25(23)32/h5-18H,1-4H3. The van der Waals surface area contributed by atoms with Crippen LogP contribution in [0.5, 0.6) is 11.5 Å². The van der Waals surface area contributed by atoms with E-state index in [0.717, 1.165) is 22.3 Å². The average molecular weight is 483 g/mol. The summed E-state index contributed by atoms with van der Waals surface area (Å²) in [4.78, 5) is 0. The predicted molar refractivity (Wildman–Crippen MR) is 144 cm³/mol. The number of rotatable bonds is 1. The van der Waals surface area contributed by atoms with E-state index in [-0.39, 0.29) is 0 Å². The van der Waals surface area contributed by atoms with Crippen LogP contribution in [0.1, 0.15) is 55.5 Å². The first-order chi connectivity index (χ1) is 17.8. The zero-order valence-corrected chi connectivity index (χ0v) is 21.3. The Hall–Kier alpha value is -3.85. The number of nitriles is 1. The predicted octanol–water partition coefficient (Wildman–Crippen LogP) is 6.33. The smallest absolute Gasteiger partial charge is 0.457 e. The fourth-order valence-corrected chi connectivity index (χ4v) is 6.12. The van der Waals surface area contributed by atoms with E-state index < -0.39 is 23.7 Å². The summed E-state index contributed by atoms with van der Waals surface area (Å²) in [6.07, 6.45) is 0. The molecule has 180 valence electrons. The zero-order valence-electron chi connectivity index (χ0n) is 21.3. The van der Waals surface area contributed by atoms with Crippen LogP contribution in [0.2, 0.25) is 0 Å². The molecule has 3 aliphatic rings. The summed E-state index contributed by atoms with van der Waals surface area (Å²) >= 11 is 0. The Morgan fingerprint density at radius 1 is 0.649 bits per heavy atom. The molecule has 5 heteroatoms. The number of benzene rings is 4. The Labute approximate surface area is 217 Å². The van der Waals surface area contributed by atoms with Crippen molar-refractivity contribution in [2.45, 2.75) is 44.3 Å². The fraction of sp³-hybridized carbons (Fsp3) is 0.219. The summed E-state index contributed by atoms with van der Waals surface area (Å²) in [5.74, 6) is 1.45. The van der Waals surface area contributed by atoms with Gasteiger partial charge in [-0.2, -0.15) is 5.26 Å². The number of ether oxygens (including phenoxy) is 1. The molecular weight excluding hydrogens is 457 g/mol. The topological polar surface area (TPSA) is 51.5 Å². The molecular formula is C32H26BNO3. The lowest BCUT2D eigenvalue weighted by Crippen LogP contribution is -2.41. The highest BCUT2D eigenvalue weighted by Crippen LogP contribution is 2.61. The van der Waals surface area contributed by atoms with Crippen molar-refractivity contribution < 1.29 is 14.0 Å². The van der Waals surface area contributed by atoms with Crippen LogP contribution in [0.3, 0.4) is 0 Å². The highest BCUT2D eigenvalue weighted by atomic mass is 16.7. The van der Waals surface area contributed by atoms with Crippen LogP contribution in [0.15, 0.2) is 84.9 Å². The molecule has 37 heavy (non-hydrogen) atoms. The van der Waals surface area contributed by atoms with Crippen LogP contribution in [-0.4, -0.2) is 18.3 Å². The molecule has 4 aromatic rings. The van der Waals surface area contributed by atoms with E-state index in [0.29, 0.717) is 11.3 Å². The van der Waals surface area contributed by atoms with Gasteiger partial charge in [0.25, 0.3) is 0 Å². The van der Waals surface area contributed by atoms with Gasteiger partial charge in [-0.05, 0) is 73.6 Å². The monoisotopic (exact) mass is 483 g/mol. The summed E-state index contributed by atoms with van der Waals surface area (Å²) in [5, 5.41) is 9.65. The van der Waals surface area contributed by atoms with Gasteiger partial charge in [-0.3, -0.25) is 0 Å². The highest BCUT2D eigenvalue weighted by molar-refractivity contribution is 6.62. The molecule has 1 saturated heterocycles. The van der Waals surface area contributed by atoms with Crippen molar-refractivity contribution in [1.82, 2.24) is 0 Å². The van der Waals surface area contributed by atoms with Crippen molar-refractivity contribution in [3.05, 3.63) is 113 Å². The lowest BCUT2D eigenvalue weighted by atomic mass is 9.65. The van der Waals surface area contributed by atoms with Crippen LogP contribution < -0.4 is 10.2 Å². The van der Waals surface area contributed by atoms with Crippen LogP contribution in [0.4, 0.5) is 0 Å². The summed E-state index contributed by atoms with van der Waals surface area (Å²) in [6, 6.07) is 31.6. The molecule has 0 atom stereocenters. The Balaban J connectivity index is 1.50. The third-order valence-corrected chi connectivity index (χ3v) is 8.62. The van der Waals surface area contributed by atoms with E-state index >= 15 is 0 Å². The number of hydrogen-bond acceptors (Lipinski definition) is 4. The van der Waals surface area contributed by atoms with Gasteiger partial charge in [0.2, 0.25) is 0 Å². The average Bonchev–Trinajstić information content (AvgIpc) is 3.31. The summed E-state index contributed by atoms with van der Waals surface area (Å²) < 4.78 is 19.3. The van der Waals surface area contributed by atoms with Gasteiger partial charge in [0.05, 0.1) is 28.2 Å². The van der Waals surface area contributed by atoms with Crippen molar-refractivity contribution in [2.75, 3.05) is 0 Å². The lowest BCUT2D eigenvalue weighted by Gasteiger charge is -2.39. The van der Waals surface area contributed by atoms with Gasteiger partial charge < -0.3 is 14.0 Å². The summed E-state index contributed by atoms with van der Waals surface area (Å²) in [5.41, 5.74) is 7.03. The number of hydrogen-bond donors (Lipinski definition) is 0. The zero-order chi connectivity index (χ0) is 25.6. The van der Waals surface area contributed by atoms with E-state index in [4.69, 9.17) is 14.0 Å². The van der Waals surface area contributed by atoms with E-state index in [9.17, 15) is 5.26 Å². The third-order valence-electron chi connectivity index (χ3n) is 8.62. The second-order valence-corrected chi connectivity index (χ2v) is 11.1. The molecule has 4 aromatic carbocycles. The molecule has 4 nitrogen and oxygen atoms in total. The molecule has 7 rings (SSSR count). The molecule has 0 aromatic heterocycles. The van der Waals surface area contributed by atoms with Gasteiger partial charge in [0.1, 0.15) is 11.5 Å². The van der Waals surface area contributed by atoms with Crippen molar-refractivity contribution in [3.8, 4) is 28.7 Å². The molecule has 1 spiro atoms. The highest BCUT2D eigenvalue weighted by Gasteiger charge is 2.54. The minimum absolute atomic E-state index is 0.437. The lowest BCUT2D eigenvalue weighted by molar-refractivity contribution is 0.00578. The van der Waals surface area contributed by atoms with Crippen LogP contribution in [-0.2, 0) is 14.7 Å². The van der Waals surface area contributed by atoms with E-state index in [1.807, 2.05) is 18.2 Å². The molecule has 0 amide bonds. The first-order valence-corrected chi connectivity index (χ1v) is 12.7. The Morgan fingerprint density at radius 3 is 1.78 bits per heavy atom. The largest absolute Gasteiger partial charge is 0.494 e. The SMILES string of the molecule is CC1(C)OB(c2ccc3c(c2)Oc2cc(C#N)ccc2C32c3ccccc3-c3ccccc32)OC1(C)C. The van der Waals surface area contributed by atoms with Crippen LogP contribution in [0, 0.1) is 11.3 Å². The second-order valence-electron chi connectivity index (χ2n) is 11.1. The summed E-state index contributed by atoms with van der Waals surface area (Å²) in [7, 11) is -0.496. The van der Waals surface area contributed by atoms with Gasteiger partial charge in [-0.25, -0.2) is 0 Å². The molecule has 0 unspecified atom stereocenters. The summed E-state index contributed by atoms with van der Waals surface area (Å²) in [6.45, 7) is 8.23. The van der Waals surface area contributed by atoms with Crippen LogP contribution >= 0.6 is 0 Å².